The van der Waals surface area contributed by atoms with Crippen LogP contribution in [0, 0.1) is 5.92 Å². The van der Waals surface area contributed by atoms with E-state index in [-0.39, 0.29) is 11.6 Å². The molecule has 3 heteroatoms. The van der Waals surface area contributed by atoms with Crippen molar-refractivity contribution in [1.82, 2.24) is 0 Å². The van der Waals surface area contributed by atoms with Crippen LogP contribution >= 0.6 is 11.6 Å². The van der Waals surface area contributed by atoms with E-state index in [1.807, 2.05) is 18.2 Å². The summed E-state index contributed by atoms with van der Waals surface area (Å²) < 4.78 is 6.24. The van der Waals surface area contributed by atoms with Crippen LogP contribution in [0.25, 0.3) is 0 Å². The lowest BCUT2D eigenvalue weighted by atomic mass is 9.86. The summed E-state index contributed by atoms with van der Waals surface area (Å²) in [7, 11) is 0. The van der Waals surface area contributed by atoms with Gasteiger partial charge in [-0.15, -0.1) is 0 Å². The van der Waals surface area contributed by atoms with Crippen LogP contribution in [0.15, 0.2) is 18.2 Å². The summed E-state index contributed by atoms with van der Waals surface area (Å²) in [5.41, 5.74) is 7.32. The molecule has 3 atom stereocenters. The highest BCUT2D eigenvalue weighted by molar-refractivity contribution is 6.30. The maximum absolute atomic E-state index is 6.28. The largest absolute Gasteiger partial charge is 0.487 e. The molecule has 1 saturated carbocycles. The molecule has 0 aromatic heterocycles. The first-order valence-corrected chi connectivity index (χ1v) is 6.70. The third kappa shape index (κ3) is 1.94. The van der Waals surface area contributed by atoms with Crippen molar-refractivity contribution in [3.8, 4) is 5.75 Å². The molecule has 2 aliphatic rings. The number of nitrogens with two attached hydrogens (primary N) is 1. The number of benzene rings is 1. The Balaban J connectivity index is 1.96. The van der Waals surface area contributed by atoms with E-state index in [9.17, 15) is 0 Å². The minimum Gasteiger partial charge on any atom is -0.487 e. The molecule has 1 aromatic rings. The second-order valence-corrected chi connectivity index (χ2v) is 6.06. The molecule has 17 heavy (non-hydrogen) atoms. The Morgan fingerprint density at radius 1 is 1.41 bits per heavy atom. The van der Waals surface area contributed by atoms with E-state index < -0.39 is 0 Å². The molecule has 1 fully saturated rings. The van der Waals surface area contributed by atoms with E-state index in [1.54, 1.807) is 0 Å². The second kappa shape index (κ2) is 3.89. The third-order valence-corrected chi connectivity index (χ3v) is 4.34. The van der Waals surface area contributed by atoms with Crippen LogP contribution < -0.4 is 10.5 Å². The van der Waals surface area contributed by atoms with Crippen LogP contribution in [-0.2, 0) is 0 Å². The number of fused-ring (bicyclic) bond motifs is 1. The molecule has 1 aliphatic heterocycles. The van der Waals surface area contributed by atoms with Crippen LogP contribution in [0.4, 0.5) is 0 Å². The van der Waals surface area contributed by atoms with Crippen LogP contribution in [0.1, 0.15) is 44.2 Å². The molecule has 2 nitrogen and oxygen atoms in total. The molecule has 2 unspecified atom stereocenters. The molecular weight excluding hydrogens is 234 g/mol. The van der Waals surface area contributed by atoms with E-state index in [4.69, 9.17) is 22.1 Å². The van der Waals surface area contributed by atoms with Gasteiger partial charge < -0.3 is 10.5 Å². The normalized spacial score (nSPS) is 35.7. The summed E-state index contributed by atoms with van der Waals surface area (Å²) in [6.45, 7) is 2.29. The molecule has 1 aromatic carbocycles. The number of halogens is 1. The summed E-state index contributed by atoms with van der Waals surface area (Å²) in [5.74, 6) is 1.68. The molecular formula is C14H18ClNO. The van der Waals surface area contributed by atoms with E-state index in [1.165, 1.54) is 6.42 Å². The van der Waals surface area contributed by atoms with Crippen molar-refractivity contribution < 1.29 is 4.74 Å². The molecule has 3 rings (SSSR count). The first-order chi connectivity index (χ1) is 8.08. The zero-order valence-electron chi connectivity index (χ0n) is 10.1. The minimum absolute atomic E-state index is 0.0142. The van der Waals surface area contributed by atoms with Crippen molar-refractivity contribution in [2.24, 2.45) is 11.7 Å². The second-order valence-electron chi connectivity index (χ2n) is 5.63. The van der Waals surface area contributed by atoms with E-state index in [0.717, 1.165) is 41.5 Å². The number of hydrogen-bond donors (Lipinski definition) is 1. The Bertz CT molecular complexity index is 448. The highest BCUT2D eigenvalue weighted by atomic mass is 35.5. The van der Waals surface area contributed by atoms with Gasteiger partial charge in [-0.2, -0.15) is 0 Å². The van der Waals surface area contributed by atoms with Gasteiger partial charge in [0.15, 0.2) is 0 Å². The summed E-state index contributed by atoms with van der Waals surface area (Å²) >= 11 is 6.01. The summed E-state index contributed by atoms with van der Waals surface area (Å²) in [6.07, 6.45) is 4.42. The zero-order chi connectivity index (χ0) is 12.0. The molecule has 1 spiro atoms. The molecule has 1 heterocycles. The SMILES string of the molecule is CC1CCC2(C1)C[C@H](N)c1cc(Cl)ccc1O2. The fourth-order valence-corrected chi connectivity index (χ4v) is 3.49. The Kier molecular flexibility index (Phi) is 2.60. The highest BCUT2D eigenvalue weighted by Crippen LogP contribution is 2.48. The van der Waals surface area contributed by atoms with Gasteiger partial charge in [-0.1, -0.05) is 18.5 Å². The summed E-state index contributed by atoms with van der Waals surface area (Å²) in [4.78, 5) is 0. The monoisotopic (exact) mass is 251 g/mol. The molecule has 1 aliphatic carbocycles. The Morgan fingerprint density at radius 3 is 2.94 bits per heavy atom. The van der Waals surface area contributed by atoms with Crippen molar-refractivity contribution in [3.63, 3.8) is 0 Å². The predicted octanol–water partition coefficient (Wildman–Crippen LogP) is 3.68. The van der Waals surface area contributed by atoms with Gasteiger partial charge in [0.2, 0.25) is 0 Å². The first kappa shape index (κ1) is 11.4. The number of ether oxygens (including phenoxy) is 1. The maximum atomic E-state index is 6.28. The van der Waals surface area contributed by atoms with Gasteiger partial charge in [-0.25, -0.2) is 0 Å². The highest BCUT2D eigenvalue weighted by Gasteiger charge is 2.44. The van der Waals surface area contributed by atoms with Crippen molar-refractivity contribution in [2.45, 2.75) is 44.2 Å². The van der Waals surface area contributed by atoms with Crippen LogP contribution in [0.3, 0.4) is 0 Å². The number of hydrogen-bond acceptors (Lipinski definition) is 2. The van der Waals surface area contributed by atoms with Gasteiger partial charge in [0, 0.05) is 23.0 Å². The average Bonchev–Trinajstić information content (AvgIpc) is 2.61. The fraction of sp³-hybridized carbons (Fsp3) is 0.571. The van der Waals surface area contributed by atoms with Crippen molar-refractivity contribution >= 4 is 11.6 Å². The quantitative estimate of drug-likeness (QED) is 0.763. The molecule has 92 valence electrons. The van der Waals surface area contributed by atoms with Crippen molar-refractivity contribution in [1.29, 1.82) is 0 Å². The lowest BCUT2D eigenvalue weighted by Gasteiger charge is -2.39. The maximum Gasteiger partial charge on any atom is 0.125 e. The predicted molar refractivity (Wildman–Crippen MR) is 69.4 cm³/mol. The molecule has 0 saturated heterocycles. The van der Waals surface area contributed by atoms with Crippen LogP contribution in [-0.4, -0.2) is 5.60 Å². The van der Waals surface area contributed by atoms with Crippen LogP contribution in [0.2, 0.25) is 5.02 Å². The third-order valence-electron chi connectivity index (χ3n) is 4.10. The average molecular weight is 252 g/mol. The molecule has 0 radical (unpaired) electrons. The summed E-state index contributed by atoms with van der Waals surface area (Å²) in [6, 6.07) is 5.83. The van der Waals surface area contributed by atoms with E-state index in [0.29, 0.717) is 0 Å². The topological polar surface area (TPSA) is 35.2 Å². The van der Waals surface area contributed by atoms with Gasteiger partial charge >= 0.3 is 0 Å². The smallest absolute Gasteiger partial charge is 0.125 e. The fourth-order valence-electron chi connectivity index (χ4n) is 3.31. The van der Waals surface area contributed by atoms with Gasteiger partial charge in [0.05, 0.1) is 0 Å². The number of rotatable bonds is 0. The van der Waals surface area contributed by atoms with Crippen molar-refractivity contribution in [2.75, 3.05) is 0 Å². The zero-order valence-corrected chi connectivity index (χ0v) is 10.8. The Hall–Kier alpha value is -0.730. The van der Waals surface area contributed by atoms with E-state index >= 15 is 0 Å². The minimum atomic E-state index is -0.0142. The Morgan fingerprint density at radius 2 is 2.24 bits per heavy atom. The molecule has 0 bridgehead atoms. The first-order valence-electron chi connectivity index (χ1n) is 6.32. The van der Waals surface area contributed by atoms with Crippen molar-refractivity contribution in [3.05, 3.63) is 28.8 Å². The van der Waals surface area contributed by atoms with E-state index in [2.05, 4.69) is 6.92 Å². The van der Waals surface area contributed by atoms with Crippen LogP contribution in [0.5, 0.6) is 5.75 Å². The lowest BCUT2D eigenvalue weighted by molar-refractivity contribution is 0.0393. The summed E-state index contributed by atoms with van der Waals surface area (Å²) in [5, 5.41) is 0.735. The Labute approximate surface area is 107 Å². The van der Waals surface area contributed by atoms with Gasteiger partial charge in [-0.3, -0.25) is 0 Å². The molecule has 2 N–H and O–H groups in total. The molecule has 0 amide bonds. The van der Waals surface area contributed by atoms with Gasteiger partial charge in [-0.05, 0) is 43.4 Å². The lowest BCUT2D eigenvalue weighted by Crippen LogP contribution is -2.40. The standard InChI is InChI=1S/C14H18ClNO/c1-9-4-5-14(7-9)8-12(16)11-6-10(15)2-3-13(11)17-14/h2-3,6,9,12H,4-5,7-8,16H2,1H3/t9?,12-,14?/m0/s1. The van der Waals surface area contributed by atoms with Gasteiger partial charge in [0.25, 0.3) is 0 Å². The van der Waals surface area contributed by atoms with Gasteiger partial charge in [0.1, 0.15) is 11.4 Å².